The van der Waals surface area contributed by atoms with Crippen LogP contribution in [0.3, 0.4) is 0 Å². The number of ether oxygens (including phenoxy) is 1. The van der Waals surface area contributed by atoms with Gasteiger partial charge in [-0.3, -0.25) is 0 Å². The van der Waals surface area contributed by atoms with Crippen molar-refractivity contribution < 1.29 is 26.7 Å². The van der Waals surface area contributed by atoms with Crippen LogP contribution in [-0.4, -0.2) is 23.4 Å². The minimum atomic E-state index is -4.81. The van der Waals surface area contributed by atoms with Crippen molar-refractivity contribution in [2.24, 2.45) is 0 Å². The van der Waals surface area contributed by atoms with E-state index in [2.05, 4.69) is 25.3 Å². The summed E-state index contributed by atoms with van der Waals surface area (Å²) in [5.41, 5.74) is 1.20. The number of benzene rings is 2. The second kappa shape index (κ2) is 8.29. The number of aromatic nitrogens is 2. The Balaban J connectivity index is 1.85. The highest BCUT2D eigenvalue weighted by molar-refractivity contribution is 5.65. The first-order valence-electron chi connectivity index (χ1n) is 8.34. The van der Waals surface area contributed by atoms with Gasteiger partial charge in [-0.25, -0.2) is 13.8 Å². The van der Waals surface area contributed by atoms with Crippen molar-refractivity contribution in [3.8, 4) is 17.0 Å². The zero-order valence-corrected chi connectivity index (χ0v) is 15.0. The fourth-order valence-corrected chi connectivity index (χ4v) is 2.49. The van der Waals surface area contributed by atoms with Crippen LogP contribution < -0.4 is 15.4 Å². The molecule has 10 heteroatoms. The maximum Gasteiger partial charge on any atom is 0.573 e. The Morgan fingerprint density at radius 3 is 2.45 bits per heavy atom. The van der Waals surface area contributed by atoms with Gasteiger partial charge in [0.15, 0.2) is 11.6 Å². The monoisotopic (exact) mass is 410 g/mol. The van der Waals surface area contributed by atoms with E-state index in [1.54, 1.807) is 13.1 Å². The zero-order chi connectivity index (χ0) is 21.0. The van der Waals surface area contributed by atoms with Gasteiger partial charge in [0.2, 0.25) is 5.95 Å². The van der Waals surface area contributed by atoms with E-state index in [1.807, 2.05) is 0 Å². The molecule has 0 aliphatic rings. The largest absolute Gasteiger partial charge is 0.573 e. The number of alkyl halides is 3. The second-order valence-corrected chi connectivity index (χ2v) is 5.89. The molecular formula is C19H15F5N4O. The minimum Gasteiger partial charge on any atom is -0.406 e. The minimum absolute atomic E-state index is 0.147. The van der Waals surface area contributed by atoms with Gasteiger partial charge < -0.3 is 15.4 Å². The molecule has 0 saturated carbocycles. The van der Waals surface area contributed by atoms with Gasteiger partial charge in [-0.05, 0) is 29.8 Å². The van der Waals surface area contributed by atoms with Crippen LogP contribution in [0, 0.1) is 11.6 Å². The van der Waals surface area contributed by atoms with Gasteiger partial charge in [0, 0.05) is 25.2 Å². The van der Waals surface area contributed by atoms with Gasteiger partial charge in [-0.2, -0.15) is 4.98 Å². The molecule has 2 N–H and O–H groups in total. The van der Waals surface area contributed by atoms with Crippen LogP contribution in [0.1, 0.15) is 5.56 Å². The summed E-state index contributed by atoms with van der Waals surface area (Å²) in [5.74, 6) is -1.74. The third kappa shape index (κ3) is 5.53. The van der Waals surface area contributed by atoms with Crippen molar-refractivity contribution in [1.29, 1.82) is 0 Å². The van der Waals surface area contributed by atoms with Gasteiger partial charge >= 0.3 is 6.36 Å². The Morgan fingerprint density at radius 1 is 0.966 bits per heavy atom. The van der Waals surface area contributed by atoms with E-state index in [1.165, 1.54) is 30.3 Å². The number of rotatable bonds is 6. The highest BCUT2D eigenvalue weighted by atomic mass is 19.4. The van der Waals surface area contributed by atoms with Crippen LogP contribution >= 0.6 is 0 Å². The zero-order valence-electron chi connectivity index (χ0n) is 15.0. The molecule has 1 aromatic heterocycles. The van der Waals surface area contributed by atoms with Crippen molar-refractivity contribution >= 4 is 11.8 Å². The lowest BCUT2D eigenvalue weighted by Crippen LogP contribution is -2.17. The highest BCUT2D eigenvalue weighted by Crippen LogP contribution is 2.28. The van der Waals surface area contributed by atoms with Crippen molar-refractivity contribution in [2.75, 3.05) is 17.7 Å². The maximum atomic E-state index is 13.3. The number of nitrogens with one attached hydrogen (secondary N) is 2. The van der Waals surface area contributed by atoms with Gasteiger partial charge in [-0.1, -0.05) is 18.2 Å². The second-order valence-electron chi connectivity index (χ2n) is 5.89. The molecule has 152 valence electrons. The molecule has 0 atom stereocenters. The van der Waals surface area contributed by atoms with Crippen LogP contribution in [0.25, 0.3) is 11.3 Å². The summed E-state index contributed by atoms with van der Waals surface area (Å²) < 4.78 is 67.7. The molecule has 0 aliphatic carbocycles. The molecule has 0 saturated heterocycles. The normalized spacial score (nSPS) is 11.2. The lowest BCUT2D eigenvalue weighted by Gasteiger charge is -2.12. The summed E-state index contributed by atoms with van der Waals surface area (Å²) in [7, 11) is 1.58. The standard InChI is InChI=1S/C19H15F5N4O/c1-25-18-27-16(12-3-2-4-13(8-12)29-19(22,23)24)9-17(28-18)26-10-11-5-6-14(20)15(21)7-11/h2-9H,10H2,1H3,(H2,25,26,27,28). The fourth-order valence-electron chi connectivity index (χ4n) is 2.49. The van der Waals surface area contributed by atoms with E-state index in [0.29, 0.717) is 22.6 Å². The maximum absolute atomic E-state index is 13.3. The molecule has 29 heavy (non-hydrogen) atoms. The molecule has 1 heterocycles. The predicted molar refractivity (Wildman–Crippen MR) is 97.4 cm³/mol. The van der Waals surface area contributed by atoms with Crippen LogP contribution in [0.15, 0.2) is 48.5 Å². The molecule has 0 aliphatic heterocycles. The Bertz CT molecular complexity index is 1010. The molecule has 2 aromatic carbocycles. The first-order chi connectivity index (χ1) is 13.7. The van der Waals surface area contributed by atoms with Gasteiger partial charge in [0.1, 0.15) is 11.6 Å². The smallest absolute Gasteiger partial charge is 0.406 e. The summed E-state index contributed by atoms with van der Waals surface area (Å²) in [4.78, 5) is 8.43. The molecule has 3 rings (SSSR count). The number of nitrogens with zero attached hydrogens (tertiary/aromatic N) is 2. The molecule has 0 amide bonds. The van der Waals surface area contributed by atoms with E-state index < -0.39 is 18.0 Å². The van der Waals surface area contributed by atoms with E-state index in [0.717, 1.165) is 12.1 Å². The molecule has 0 unspecified atom stereocenters. The van der Waals surface area contributed by atoms with Crippen molar-refractivity contribution in [1.82, 2.24) is 9.97 Å². The van der Waals surface area contributed by atoms with Gasteiger partial charge in [-0.15, -0.1) is 13.2 Å². The molecule has 0 radical (unpaired) electrons. The molecule has 5 nitrogen and oxygen atoms in total. The lowest BCUT2D eigenvalue weighted by atomic mass is 10.1. The lowest BCUT2D eigenvalue weighted by molar-refractivity contribution is -0.274. The summed E-state index contributed by atoms with van der Waals surface area (Å²) in [6, 6.07) is 10.4. The Labute approximate surface area is 162 Å². The highest BCUT2D eigenvalue weighted by Gasteiger charge is 2.31. The Morgan fingerprint density at radius 2 is 1.76 bits per heavy atom. The van der Waals surface area contributed by atoms with Crippen molar-refractivity contribution in [3.05, 3.63) is 65.7 Å². The van der Waals surface area contributed by atoms with Crippen molar-refractivity contribution in [2.45, 2.75) is 12.9 Å². The van der Waals surface area contributed by atoms with E-state index in [4.69, 9.17) is 0 Å². The summed E-state index contributed by atoms with van der Waals surface area (Å²) >= 11 is 0. The molecule has 0 bridgehead atoms. The fraction of sp³-hybridized carbons (Fsp3) is 0.158. The molecule has 0 spiro atoms. The third-order valence-electron chi connectivity index (χ3n) is 3.77. The van der Waals surface area contributed by atoms with Crippen LogP contribution in [0.2, 0.25) is 0 Å². The number of hydrogen-bond donors (Lipinski definition) is 2. The molecular weight excluding hydrogens is 395 g/mol. The number of halogens is 5. The SMILES string of the molecule is CNc1nc(NCc2ccc(F)c(F)c2)cc(-c2cccc(OC(F)(F)F)c2)n1. The topological polar surface area (TPSA) is 59.1 Å². The first-order valence-corrected chi connectivity index (χ1v) is 8.34. The van der Waals surface area contributed by atoms with Crippen molar-refractivity contribution in [3.63, 3.8) is 0 Å². The van der Waals surface area contributed by atoms with Gasteiger partial charge in [0.05, 0.1) is 5.69 Å². The van der Waals surface area contributed by atoms with E-state index in [9.17, 15) is 22.0 Å². The van der Waals surface area contributed by atoms with Crippen LogP contribution in [-0.2, 0) is 6.54 Å². The van der Waals surface area contributed by atoms with Crippen LogP contribution in [0.4, 0.5) is 33.7 Å². The van der Waals surface area contributed by atoms with E-state index in [-0.39, 0.29) is 18.2 Å². The summed E-state index contributed by atoms with van der Waals surface area (Å²) in [6.45, 7) is 0.147. The van der Waals surface area contributed by atoms with Crippen LogP contribution in [0.5, 0.6) is 5.75 Å². The van der Waals surface area contributed by atoms with Gasteiger partial charge in [0.25, 0.3) is 0 Å². The Hall–Kier alpha value is -3.43. The third-order valence-corrected chi connectivity index (χ3v) is 3.77. The molecule has 3 aromatic rings. The molecule has 0 fully saturated rings. The average molecular weight is 410 g/mol. The number of anilines is 2. The number of hydrogen-bond acceptors (Lipinski definition) is 5. The first kappa shape index (κ1) is 20.3. The summed E-state index contributed by atoms with van der Waals surface area (Å²) in [6.07, 6.45) is -4.81. The quantitative estimate of drug-likeness (QED) is 0.562. The predicted octanol–water partition coefficient (Wildman–Crippen LogP) is 4.97. The van der Waals surface area contributed by atoms with E-state index >= 15 is 0 Å². The summed E-state index contributed by atoms with van der Waals surface area (Å²) in [5, 5.41) is 5.72. The average Bonchev–Trinajstić information content (AvgIpc) is 2.67. The Kier molecular flexibility index (Phi) is 5.81.